The highest BCUT2D eigenvalue weighted by Crippen LogP contribution is 2.41. The van der Waals surface area contributed by atoms with Gasteiger partial charge in [0.15, 0.2) is 11.5 Å². The topological polar surface area (TPSA) is 69.2 Å². The Morgan fingerprint density at radius 2 is 1.77 bits per heavy atom. The standard InChI is InChI=1S/C20H20N2O4/c1-12-4-6-13(7-5-12)16-11-20(26-22-16)10-14-8-17(24-2)18(25-3)9-15(14)21-19(20)23/h4-9H,10-11H2,1-3H3,(H,21,23). The minimum Gasteiger partial charge on any atom is -0.493 e. The zero-order valence-corrected chi connectivity index (χ0v) is 15.0. The van der Waals surface area contributed by atoms with Crippen molar-refractivity contribution in [3.63, 3.8) is 0 Å². The lowest BCUT2D eigenvalue weighted by atomic mass is 9.84. The van der Waals surface area contributed by atoms with Gasteiger partial charge in [-0.15, -0.1) is 0 Å². The fourth-order valence-electron chi connectivity index (χ4n) is 3.40. The van der Waals surface area contributed by atoms with Crippen LogP contribution in [0.3, 0.4) is 0 Å². The van der Waals surface area contributed by atoms with Gasteiger partial charge in [0.05, 0.1) is 19.9 Å². The largest absolute Gasteiger partial charge is 0.493 e. The molecule has 134 valence electrons. The first-order valence-corrected chi connectivity index (χ1v) is 8.43. The molecular weight excluding hydrogens is 332 g/mol. The van der Waals surface area contributed by atoms with E-state index in [1.54, 1.807) is 20.3 Å². The highest BCUT2D eigenvalue weighted by molar-refractivity contribution is 6.09. The molecule has 0 bridgehead atoms. The molecule has 1 spiro atoms. The molecule has 2 aromatic carbocycles. The Kier molecular flexibility index (Phi) is 3.83. The SMILES string of the molecule is COc1cc2c(cc1OC)NC(=O)C1(CC(c3ccc(C)cc3)=NO1)C2. The lowest BCUT2D eigenvalue weighted by molar-refractivity contribution is -0.138. The van der Waals surface area contributed by atoms with Gasteiger partial charge in [-0.25, -0.2) is 0 Å². The molecule has 6 nitrogen and oxygen atoms in total. The van der Waals surface area contributed by atoms with E-state index in [1.165, 1.54) is 5.56 Å². The number of aryl methyl sites for hydroxylation is 1. The number of anilines is 1. The Bertz CT molecular complexity index is 905. The second-order valence-electron chi connectivity index (χ2n) is 6.66. The molecule has 0 aromatic heterocycles. The van der Waals surface area contributed by atoms with Gasteiger partial charge in [-0.2, -0.15) is 0 Å². The van der Waals surface area contributed by atoms with Crippen molar-refractivity contribution in [2.24, 2.45) is 5.16 Å². The molecule has 0 fully saturated rings. The van der Waals surface area contributed by atoms with Crippen molar-refractivity contribution in [2.75, 3.05) is 19.5 Å². The lowest BCUT2D eigenvalue weighted by Gasteiger charge is -2.31. The molecule has 2 aromatic rings. The lowest BCUT2D eigenvalue weighted by Crippen LogP contribution is -2.48. The number of carbonyl (C=O) groups is 1. The van der Waals surface area contributed by atoms with E-state index in [9.17, 15) is 4.79 Å². The van der Waals surface area contributed by atoms with Crippen LogP contribution in [0.15, 0.2) is 41.6 Å². The van der Waals surface area contributed by atoms with E-state index >= 15 is 0 Å². The normalized spacial score (nSPS) is 20.9. The van der Waals surface area contributed by atoms with Crippen LogP contribution in [-0.2, 0) is 16.1 Å². The van der Waals surface area contributed by atoms with Crippen molar-refractivity contribution in [3.8, 4) is 11.5 Å². The summed E-state index contributed by atoms with van der Waals surface area (Å²) in [5, 5.41) is 7.14. The quantitative estimate of drug-likeness (QED) is 0.922. The molecule has 1 unspecified atom stereocenters. The van der Waals surface area contributed by atoms with Crippen LogP contribution in [-0.4, -0.2) is 31.4 Å². The molecule has 26 heavy (non-hydrogen) atoms. The Labute approximate surface area is 151 Å². The third kappa shape index (κ3) is 2.58. The van der Waals surface area contributed by atoms with Gasteiger partial charge in [0.25, 0.3) is 5.91 Å². The minimum atomic E-state index is -1.02. The van der Waals surface area contributed by atoms with E-state index < -0.39 is 5.60 Å². The van der Waals surface area contributed by atoms with Gasteiger partial charge in [-0.1, -0.05) is 35.0 Å². The van der Waals surface area contributed by atoms with E-state index in [4.69, 9.17) is 14.3 Å². The van der Waals surface area contributed by atoms with E-state index in [1.807, 2.05) is 37.3 Å². The number of benzene rings is 2. The van der Waals surface area contributed by atoms with E-state index in [0.29, 0.717) is 30.0 Å². The van der Waals surface area contributed by atoms with Crippen molar-refractivity contribution in [1.82, 2.24) is 0 Å². The zero-order chi connectivity index (χ0) is 18.3. The van der Waals surface area contributed by atoms with Crippen molar-refractivity contribution in [2.45, 2.75) is 25.4 Å². The second kappa shape index (κ2) is 6.05. The molecule has 2 aliphatic rings. The van der Waals surface area contributed by atoms with Crippen LogP contribution in [0.1, 0.15) is 23.1 Å². The van der Waals surface area contributed by atoms with Gasteiger partial charge in [0, 0.05) is 24.6 Å². The minimum absolute atomic E-state index is 0.192. The van der Waals surface area contributed by atoms with Crippen molar-refractivity contribution in [3.05, 3.63) is 53.1 Å². The molecule has 0 saturated heterocycles. The summed E-state index contributed by atoms with van der Waals surface area (Å²) in [7, 11) is 3.16. The molecule has 0 saturated carbocycles. The van der Waals surface area contributed by atoms with E-state index in [0.717, 1.165) is 16.8 Å². The number of nitrogens with zero attached hydrogens (tertiary/aromatic N) is 1. The van der Waals surface area contributed by atoms with Crippen LogP contribution in [0.25, 0.3) is 0 Å². The third-order valence-corrected chi connectivity index (χ3v) is 4.92. The van der Waals surface area contributed by atoms with Crippen molar-refractivity contribution < 1.29 is 19.1 Å². The first kappa shape index (κ1) is 16.4. The highest BCUT2D eigenvalue weighted by atomic mass is 16.7. The number of amides is 1. The fourth-order valence-corrected chi connectivity index (χ4v) is 3.40. The maximum atomic E-state index is 12.8. The third-order valence-electron chi connectivity index (χ3n) is 4.92. The van der Waals surface area contributed by atoms with E-state index in [2.05, 4.69) is 10.5 Å². The average molecular weight is 352 g/mol. The molecule has 1 atom stereocenters. The summed E-state index contributed by atoms with van der Waals surface area (Å²) in [6, 6.07) is 11.7. The Hall–Kier alpha value is -3.02. The molecule has 1 N–H and O–H groups in total. The number of oxime groups is 1. The van der Waals surface area contributed by atoms with Gasteiger partial charge >= 0.3 is 0 Å². The van der Waals surface area contributed by atoms with Gasteiger partial charge < -0.3 is 19.6 Å². The molecular formula is C20H20N2O4. The number of carbonyl (C=O) groups excluding carboxylic acids is 1. The predicted octanol–water partition coefficient (Wildman–Crippen LogP) is 3.07. The number of fused-ring (bicyclic) bond motifs is 1. The maximum absolute atomic E-state index is 12.8. The van der Waals surface area contributed by atoms with Crippen LogP contribution < -0.4 is 14.8 Å². The highest BCUT2D eigenvalue weighted by Gasteiger charge is 2.50. The van der Waals surface area contributed by atoms with Crippen LogP contribution in [0.4, 0.5) is 5.69 Å². The molecule has 0 radical (unpaired) electrons. The Morgan fingerprint density at radius 1 is 1.08 bits per heavy atom. The number of hydrogen-bond donors (Lipinski definition) is 1. The number of methoxy groups -OCH3 is 2. The number of ether oxygens (including phenoxy) is 2. The summed E-state index contributed by atoms with van der Waals surface area (Å²) in [6.45, 7) is 2.03. The summed E-state index contributed by atoms with van der Waals surface area (Å²) in [4.78, 5) is 18.5. The van der Waals surface area contributed by atoms with Crippen LogP contribution in [0.2, 0.25) is 0 Å². The fraction of sp³-hybridized carbons (Fsp3) is 0.300. The van der Waals surface area contributed by atoms with E-state index in [-0.39, 0.29) is 5.91 Å². The summed E-state index contributed by atoms with van der Waals surface area (Å²) < 4.78 is 10.7. The predicted molar refractivity (Wildman–Crippen MR) is 98.0 cm³/mol. The molecule has 0 aliphatic carbocycles. The second-order valence-corrected chi connectivity index (χ2v) is 6.66. The monoisotopic (exact) mass is 352 g/mol. The van der Waals surface area contributed by atoms with Gasteiger partial charge in [0.2, 0.25) is 5.60 Å². The van der Waals surface area contributed by atoms with Crippen LogP contribution in [0.5, 0.6) is 11.5 Å². The van der Waals surface area contributed by atoms with Gasteiger partial charge in [-0.05, 0) is 24.1 Å². The summed E-state index contributed by atoms with van der Waals surface area (Å²) in [6.07, 6.45) is 0.850. The number of rotatable bonds is 3. The smallest absolute Gasteiger partial charge is 0.272 e. The molecule has 2 heterocycles. The molecule has 2 aliphatic heterocycles. The Morgan fingerprint density at radius 3 is 2.46 bits per heavy atom. The van der Waals surface area contributed by atoms with Crippen molar-refractivity contribution in [1.29, 1.82) is 0 Å². The first-order chi connectivity index (χ1) is 12.5. The summed E-state index contributed by atoms with van der Waals surface area (Å²) >= 11 is 0. The molecule has 1 amide bonds. The Balaban J connectivity index is 1.64. The summed E-state index contributed by atoms with van der Waals surface area (Å²) in [5.41, 5.74) is 3.55. The van der Waals surface area contributed by atoms with Gasteiger partial charge in [0.1, 0.15) is 0 Å². The first-order valence-electron chi connectivity index (χ1n) is 8.43. The number of hydrogen-bond acceptors (Lipinski definition) is 5. The van der Waals surface area contributed by atoms with Crippen LogP contribution >= 0.6 is 0 Å². The van der Waals surface area contributed by atoms with Gasteiger partial charge in [-0.3, -0.25) is 4.79 Å². The molecule has 6 heteroatoms. The molecule has 4 rings (SSSR count). The van der Waals surface area contributed by atoms with Crippen molar-refractivity contribution >= 4 is 17.3 Å². The summed E-state index contributed by atoms with van der Waals surface area (Å²) in [5.74, 6) is 1.00. The maximum Gasteiger partial charge on any atom is 0.272 e. The zero-order valence-electron chi connectivity index (χ0n) is 15.0. The average Bonchev–Trinajstić information content (AvgIpc) is 3.07. The number of nitrogens with one attached hydrogen (secondary N) is 1. The van der Waals surface area contributed by atoms with Crippen LogP contribution in [0, 0.1) is 6.92 Å².